The van der Waals surface area contributed by atoms with Crippen LogP contribution in [0.3, 0.4) is 0 Å². The van der Waals surface area contributed by atoms with E-state index in [1.54, 1.807) is 24.3 Å². The molecule has 0 aliphatic carbocycles. The summed E-state index contributed by atoms with van der Waals surface area (Å²) in [5.74, 6) is 0.412. The van der Waals surface area contributed by atoms with Gasteiger partial charge in [0.25, 0.3) is 6.43 Å². The highest BCUT2D eigenvalue weighted by atomic mass is 32.5. The first-order valence-electron chi connectivity index (χ1n) is 9.62. The van der Waals surface area contributed by atoms with E-state index in [0.29, 0.717) is 11.3 Å². The molecule has 10 nitrogen and oxygen atoms in total. The van der Waals surface area contributed by atoms with E-state index in [1.807, 2.05) is 0 Å². The molecule has 2 aromatic heterocycles. The van der Waals surface area contributed by atoms with Crippen molar-refractivity contribution in [3.05, 3.63) is 42.5 Å². The second kappa shape index (κ2) is 8.15. The lowest BCUT2D eigenvalue weighted by Gasteiger charge is -2.34. The number of aliphatic hydroxyl groups is 1. The molecule has 5 rings (SSSR count). The van der Waals surface area contributed by atoms with E-state index in [-0.39, 0.29) is 23.6 Å². The number of nitrogens with zero attached hydrogens (tertiary/aromatic N) is 4. The smallest absolute Gasteiger partial charge is 0.381 e. The first-order valence-corrected chi connectivity index (χ1v) is 12.2. The Bertz CT molecular complexity index is 1250. The van der Waals surface area contributed by atoms with Gasteiger partial charge in [-0.25, -0.2) is 28.1 Å². The van der Waals surface area contributed by atoms with Gasteiger partial charge in [-0.15, -0.1) is 0 Å². The molecule has 176 valence electrons. The minimum atomic E-state index is -3.52. The maximum atomic E-state index is 15.1. The fourth-order valence-electron chi connectivity index (χ4n) is 3.67. The summed E-state index contributed by atoms with van der Waals surface area (Å²) < 4.78 is 66.6. The number of benzene rings is 1. The molecule has 0 bridgehead atoms. The van der Waals surface area contributed by atoms with Crippen LogP contribution in [0, 0.1) is 0 Å². The lowest BCUT2D eigenvalue weighted by molar-refractivity contribution is -0.192. The highest BCUT2D eigenvalue weighted by Crippen LogP contribution is 2.56. The Morgan fingerprint density at radius 3 is 2.91 bits per heavy atom. The largest absolute Gasteiger partial charge is 0.424 e. The summed E-state index contributed by atoms with van der Waals surface area (Å²) in [5.41, 5.74) is 3.86. The van der Waals surface area contributed by atoms with Gasteiger partial charge >= 0.3 is 6.72 Å². The van der Waals surface area contributed by atoms with E-state index in [1.165, 1.54) is 0 Å². The zero-order valence-corrected chi connectivity index (χ0v) is 18.3. The van der Waals surface area contributed by atoms with E-state index in [9.17, 15) is 13.9 Å². The number of rotatable bonds is 5. The van der Waals surface area contributed by atoms with Crippen LogP contribution in [-0.2, 0) is 32.2 Å². The van der Waals surface area contributed by atoms with Gasteiger partial charge in [0.1, 0.15) is 23.7 Å². The molecule has 0 radical (unpaired) electrons. The van der Waals surface area contributed by atoms with Gasteiger partial charge in [0.05, 0.1) is 19.5 Å². The van der Waals surface area contributed by atoms with Crippen LogP contribution >= 0.6 is 6.72 Å². The third kappa shape index (κ3) is 3.66. The summed E-state index contributed by atoms with van der Waals surface area (Å²) in [6.07, 6.45) is -7.34. The quantitative estimate of drug-likeness (QED) is 0.502. The van der Waals surface area contributed by atoms with Gasteiger partial charge in [0, 0.05) is 17.4 Å². The molecule has 1 aromatic carbocycles. The number of aliphatic hydroxyl groups excluding tert-OH is 1. The predicted octanol–water partition coefficient (Wildman–Crippen LogP) is 2.49. The number of anilines is 1. The van der Waals surface area contributed by atoms with Crippen LogP contribution in [0.4, 0.5) is 19.0 Å². The van der Waals surface area contributed by atoms with Gasteiger partial charge in [-0.3, -0.25) is 13.6 Å². The van der Waals surface area contributed by atoms with Crippen molar-refractivity contribution in [2.45, 2.75) is 37.1 Å². The normalized spacial score (nSPS) is 31.6. The van der Waals surface area contributed by atoms with Crippen molar-refractivity contribution in [2.75, 3.05) is 12.3 Å². The van der Waals surface area contributed by atoms with Crippen molar-refractivity contribution in [2.24, 2.45) is 0 Å². The number of hydrogen-bond donors (Lipinski definition) is 2. The number of imidazole rings is 1. The Hall–Kier alpha value is -2.35. The Balaban J connectivity index is 1.42. The van der Waals surface area contributed by atoms with Crippen molar-refractivity contribution < 1.29 is 36.6 Å². The SMILES string of the molecule is Nc1ncnc2c1ncn2C1OC(COP2(=S)OCc3ccccc3O2)(C(F)F)C(O)C1F. The minimum Gasteiger partial charge on any atom is -0.424 e. The van der Waals surface area contributed by atoms with E-state index < -0.39 is 43.9 Å². The number of hydrogen-bond acceptors (Lipinski definition) is 10. The summed E-state index contributed by atoms with van der Waals surface area (Å²) in [6.45, 7) is -4.45. The Kier molecular flexibility index (Phi) is 5.54. The summed E-state index contributed by atoms with van der Waals surface area (Å²) in [4.78, 5) is 11.7. The summed E-state index contributed by atoms with van der Waals surface area (Å²) in [7, 11) is 0. The second-order valence-electron chi connectivity index (χ2n) is 7.43. The molecule has 0 amide bonds. The fraction of sp³-hybridized carbons (Fsp3) is 0.389. The number of nitrogen functional groups attached to an aromatic ring is 1. The van der Waals surface area contributed by atoms with Crippen LogP contribution in [-0.4, -0.2) is 55.5 Å². The van der Waals surface area contributed by atoms with Crippen LogP contribution in [0.5, 0.6) is 5.75 Å². The van der Waals surface area contributed by atoms with Crippen molar-refractivity contribution >= 4 is 35.5 Å². The molecular formula is C18H17F3N5O5PS. The van der Waals surface area contributed by atoms with Crippen LogP contribution in [0.15, 0.2) is 36.9 Å². The number of halogens is 3. The Labute approximate surface area is 189 Å². The van der Waals surface area contributed by atoms with Crippen molar-refractivity contribution in [1.82, 2.24) is 19.5 Å². The molecule has 2 aliphatic heterocycles. The van der Waals surface area contributed by atoms with Gasteiger partial charge in [-0.05, 0) is 6.07 Å². The van der Waals surface area contributed by atoms with E-state index in [2.05, 4.69) is 15.0 Å². The van der Waals surface area contributed by atoms with Gasteiger partial charge in [-0.1, -0.05) is 18.2 Å². The second-order valence-corrected chi connectivity index (χ2v) is 10.4. The van der Waals surface area contributed by atoms with Crippen LogP contribution < -0.4 is 10.3 Å². The molecule has 5 atom stereocenters. The first kappa shape index (κ1) is 22.4. The number of ether oxygens (including phenoxy) is 1. The molecule has 3 aromatic rings. The third-order valence-corrected chi connectivity index (χ3v) is 7.62. The molecule has 15 heteroatoms. The van der Waals surface area contributed by atoms with Crippen LogP contribution in [0.2, 0.25) is 0 Å². The van der Waals surface area contributed by atoms with E-state index in [4.69, 9.17) is 35.8 Å². The Morgan fingerprint density at radius 2 is 2.12 bits per heavy atom. The number of fused-ring (bicyclic) bond motifs is 2. The number of alkyl halides is 3. The molecule has 2 aliphatic rings. The zero-order valence-electron chi connectivity index (χ0n) is 16.6. The van der Waals surface area contributed by atoms with Crippen molar-refractivity contribution in [1.29, 1.82) is 0 Å². The Morgan fingerprint density at radius 1 is 1.33 bits per heavy atom. The molecule has 5 unspecified atom stereocenters. The summed E-state index contributed by atoms with van der Waals surface area (Å²) in [6, 6.07) is 6.87. The molecule has 0 spiro atoms. The molecule has 1 fully saturated rings. The molecule has 33 heavy (non-hydrogen) atoms. The van der Waals surface area contributed by atoms with Crippen LogP contribution in [0.25, 0.3) is 11.2 Å². The molecule has 0 saturated carbocycles. The minimum absolute atomic E-state index is 0.0147. The average Bonchev–Trinajstić information content (AvgIpc) is 3.33. The monoisotopic (exact) mass is 503 g/mol. The predicted molar refractivity (Wildman–Crippen MR) is 112 cm³/mol. The van der Waals surface area contributed by atoms with Gasteiger partial charge < -0.3 is 20.1 Å². The maximum absolute atomic E-state index is 15.1. The standard InChI is InChI=1S/C18H17F3N5O5PS/c19-11-13(27)18(17(20)21,6-29-32(33)28-5-9-3-1-2-4-10(9)31-32)30-16(11)26-8-25-12-14(22)23-7-24-15(12)26/h1-4,7-8,11,13,16-17,27H,5-6H2,(H2,22,23,24). The van der Waals surface area contributed by atoms with Gasteiger partial charge in [0.2, 0.25) is 0 Å². The van der Waals surface area contributed by atoms with E-state index >= 15 is 4.39 Å². The molecule has 4 heterocycles. The highest BCUT2D eigenvalue weighted by Gasteiger charge is 2.62. The molecular weight excluding hydrogens is 486 g/mol. The number of aromatic nitrogens is 4. The highest BCUT2D eigenvalue weighted by molar-refractivity contribution is 8.07. The number of nitrogens with two attached hydrogens (primary N) is 1. The number of para-hydroxylation sites is 1. The van der Waals surface area contributed by atoms with Gasteiger partial charge in [0.15, 0.2) is 29.5 Å². The lowest BCUT2D eigenvalue weighted by Crippen LogP contribution is -2.52. The van der Waals surface area contributed by atoms with Gasteiger partial charge in [-0.2, -0.15) is 0 Å². The topological polar surface area (TPSA) is 127 Å². The fourth-order valence-corrected chi connectivity index (χ4v) is 5.48. The van der Waals surface area contributed by atoms with Crippen molar-refractivity contribution in [3.8, 4) is 5.75 Å². The summed E-state index contributed by atoms with van der Waals surface area (Å²) in [5, 5.41) is 10.5. The third-order valence-electron chi connectivity index (χ3n) is 5.45. The van der Waals surface area contributed by atoms with Crippen molar-refractivity contribution in [3.63, 3.8) is 0 Å². The molecule has 1 saturated heterocycles. The zero-order chi connectivity index (χ0) is 23.4. The maximum Gasteiger partial charge on any atom is 0.381 e. The molecule has 3 N–H and O–H groups in total. The lowest BCUT2D eigenvalue weighted by atomic mass is 9.97. The summed E-state index contributed by atoms with van der Waals surface area (Å²) >= 11 is 5.28. The van der Waals surface area contributed by atoms with E-state index in [0.717, 1.165) is 17.2 Å². The van der Waals surface area contributed by atoms with Crippen LogP contribution in [0.1, 0.15) is 11.8 Å². The first-order chi connectivity index (χ1) is 15.7. The average molecular weight is 503 g/mol.